The second kappa shape index (κ2) is 8.90. The highest BCUT2D eigenvalue weighted by Crippen LogP contribution is 2.18. The topological polar surface area (TPSA) is 75.7 Å². The molecule has 1 heterocycles. The van der Waals surface area contributed by atoms with Crippen LogP contribution in [0.25, 0.3) is 0 Å². The third kappa shape index (κ3) is 5.22. The number of hydrogen-bond donors (Lipinski definition) is 1. The Morgan fingerprint density at radius 3 is 2.34 bits per heavy atom. The van der Waals surface area contributed by atoms with Crippen LogP contribution in [0.1, 0.15) is 51.6 Å². The van der Waals surface area contributed by atoms with Gasteiger partial charge in [-0.3, -0.25) is 14.4 Å². The van der Waals surface area contributed by atoms with Crippen molar-refractivity contribution in [2.24, 2.45) is 0 Å². The molecule has 3 rings (SSSR count). The number of aryl methyl sites for hydroxylation is 2. The average molecular weight is 394 g/mol. The molecular formula is C23H26N2O4. The molecule has 2 aromatic rings. The molecule has 0 radical (unpaired) electrons. The maximum atomic E-state index is 12.7. The van der Waals surface area contributed by atoms with Gasteiger partial charge in [0.1, 0.15) is 5.75 Å². The predicted octanol–water partition coefficient (Wildman–Crippen LogP) is 3.26. The lowest BCUT2D eigenvalue weighted by molar-refractivity contribution is -0.131. The summed E-state index contributed by atoms with van der Waals surface area (Å²) in [4.78, 5) is 38.2. The number of nitrogens with one attached hydrogen (secondary N) is 1. The van der Waals surface area contributed by atoms with Crippen LogP contribution in [-0.2, 0) is 4.79 Å². The molecule has 1 N–H and O–H groups in total. The Bertz CT molecular complexity index is 930. The Kier molecular flexibility index (Phi) is 6.32. The highest BCUT2D eigenvalue weighted by Gasteiger charge is 2.25. The molecule has 1 aliphatic heterocycles. The normalized spacial score (nSPS) is 14.4. The van der Waals surface area contributed by atoms with Crippen molar-refractivity contribution in [2.45, 2.75) is 39.7 Å². The number of carbonyl (C=O) groups is 3. The summed E-state index contributed by atoms with van der Waals surface area (Å²) < 4.78 is 5.03. The van der Waals surface area contributed by atoms with Crippen LogP contribution in [-0.4, -0.2) is 41.8 Å². The van der Waals surface area contributed by atoms with E-state index < -0.39 is 5.97 Å². The van der Waals surface area contributed by atoms with Gasteiger partial charge < -0.3 is 15.0 Å². The maximum Gasteiger partial charge on any atom is 0.308 e. The van der Waals surface area contributed by atoms with E-state index in [1.165, 1.54) is 12.5 Å². The second-order valence-corrected chi connectivity index (χ2v) is 7.46. The van der Waals surface area contributed by atoms with Gasteiger partial charge in [-0.1, -0.05) is 12.1 Å². The SMILES string of the molecule is CC(=O)Oc1cccc(C(=O)NC2CCN(C(=O)c3ccc(C)c(C)c3)CC2)c1. The zero-order valence-electron chi connectivity index (χ0n) is 17.0. The summed E-state index contributed by atoms with van der Waals surface area (Å²) in [6.45, 7) is 6.55. The molecule has 6 nitrogen and oxygen atoms in total. The Morgan fingerprint density at radius 1 is 0.966 bits per heavy atom. The van der Waals surface area contributed by atoms with E-state index in [1.54, 1.807) is 24.3 Å². The number of amides is 2. The number of piperidine rings is 1. The number of rotatable bonds is 4. The number of esters is 1. The summed E-state index contributed by atoms with van der Waals surface area (Å²) in [6.07, 6.45) is 1.40. The lowest BCUT2D eigenvalue weighted by atomic mass is 10.0. The van der Waals surface area contributed by atoms with Crippen LogP contribution >= 0.6 is 0 Å². The Morgan fingerprint density at radius 2 is 1.69 bits per heavy atom. The van der Waals surface area contributed by atoms with Gasteiger partial charge in [0.25, 0.3) is 11.8 Å². The fourth-order valence-electron chi connectivity index (χ4n) is 3.42. The van der Waals surface area contributed by atoms with Crippen LogP contribution in [0.4, 0.5) is 0 Å². The van der Waals surface area contributed by atoms with Crippen molar-refractivity contribution in [2.75, 3.05) is 13.1 Å². The van der Waals surface area contributed by atoms with Crippen LogP contribution in [0, 0.1) is 13.8 Å². The van der Waals surface area contributed by atoms with Gasteiger partial charge >= 0.3 is 5.97 Å². The molecule has 0 bridgehead atoms. The predicted molar refractivity (Wildman–Crippen MR) is 110 cm³/mol. The quantitative estimate of drug-likeness (QED) is 0.638. The summed E-state index contributed by atoms with van der Waals surface area (Å²) in [5.74, 6) is -0.257. The summed E-state index contributed by atoms with van der Waals surface area (Å²) >= 11 is 0. The van der Waals surface area contributed by atoms with E-state index in [9.17, 15) is 14.4 Å². The number of benzene rings is 2. The number of hydrogen-bond acceptors (Lipinski definition) is 4. The van der Waals surface area contributed by atoms with Crippen molar-refractivity contribution in [3.8, 4) is 5.75 Å². The van der Waals surface area contributed by atoms with E-state index in [0.717, 1.165) is 5.56 Å². The van der Waals surface area contributed by atoms with Gasteiger partial charge in [0.15, 0.2) is 0 Å². The first kappa shape index (κ1) is 20.6. The monoisotopic (exact) mass is 394 g/mol. The number of carbonyl (C=O) groups excluding carboxylic acids is 3. The second-order valence-electron chi connectivity index (χ2n) is 7.46. The highest BCUT2D eigenvalue weighted by molar-refractivity contribution is 5.95. The van der Waals surface area contributed by atoms with Gasteiger partial charge in [0.2, 0.25) is 0 Å². The highest BCUT2D eigenvalue weighted by atomic mass is 16.5. The molecule has 1 fully saturated rings. The van der Waals surface area contributed by atoms with Gasteiger partial charge in [-0.2, -0.15) is 0 Å². The van der Waals surface area contributed by atoms with Crippen molar-refractivity contribution < 1.29 is 19.1 Å². The van der Waals surface area contributed by atoms with E-state index in [4.69, 9.17) is 4.74 Å². The zero-order chi connectivity index (χ0) is 21.0. The third-order valence-electron chi connectivity index (χ3n) is 5.23. The molecule has 2 aromatic carbocycles. The van der Waals surface area contributed by atoms with Crippen LogP contribution in [0.15, 0.2) is 42.5 Å². The molecule has 1 aliphatic rings. The Hall–Kier alpha value is -3.15. The fraction of sp³-hybridized carbons (Fsp3) is 0.348. The molecule has 1 saturated heterocycles. The Labute approximate surface area is 170 Å². The molecule has 152 valence electrons. The minimum atomic E-state index is -0.427. The third-order valence-corrected chi connectivity index (χ3v) is 5.23. The molecule has 0 spiro atoms. The van der Waals surface area contributed by atoms with Gasteiger partial charge in [0, 0.05) is 37.2 Å². The lowest BCUT2D eigenvalue weighted by Crippen LogP contribution is -2.46. The number of ether oxygens (including phenoxy) is 1. The largest absolute Gasteiger partial charge is 0.427 e. The van der Waals surface area contributed by atoms with E-state index in [2.05, 4.69) is 5.32 Å². The molecule has 0 unspecified atom stereocenters. The van der Waals surface area contributed by atoms with Gasteiger partial charge in [-0.15, -0.1) is 0 Å². The molecule has 0 saturated carbocycles. The van der Waals surface area contributed by atoms with Crippen molar-refractivity contribution >= 4 is 17.8 Å². The van der Waals surface area contributed by atoms with Gasteiger partial charge in [0.05, 0.1) is 0 Å². The molecule has 6 heteroatoms. The fourth-order valence-corrected chi connectivity index (χ4v) is 3.42. The standard InChI is InChI=1S/C23H26N2O4/c1-15-7-8-19(13-16(15)2)23(28)25-11-9-20(10-12-25)24-22(27)18-5-4-6-21(14-18)29-17(3)26/h4-8,13-14,20H,9-12H2,1-3H3,(H,24,27). The number of nitrogens with zero attached hydrogens (tertiary/aromatic N) is 1. The molecule has 0 aliphatic carbocycles. The first-order valence-corrected chi connectivity index (χ1v) is 9.79. The van der Waals surface area contributed by atoms with Gasteiger partial charge in [-0.05, 0) is 68.1 Å². The van der Waals surface area contributed by atoms with E-state index in [1.807, 2.05) is 36.9 Å². The molecule has 0 aromatic heterocycles. The van der Waals surface area contributed by atoms with E-state index in [0.29, 0.717) is 42.8 Å². The minimum absolute atomic E-state index is 0.00341. The van der Waals surface area contributed by atoms with E-state index in [-0.39, 0.29) is 17.9 Å². The van der Waals surface area contributed by atoms with Crippen LogP contribution < -0.4 is 10.1 Å². The first-order valence-electron chi connectivity index (χ1n) is 9.79. The smallest absolute Gasteiger partial charge is 0.308 e. The lowest BCUT2D eigenvalue weighted by Gasteiger charge is -2.32. The van der Waals surface area contributed by atoms with E-state index >= 15 is 0 Å². The maximum absolute atomic E-state index is 12.7. The summed E-state index contributed by atoms with van der Waals surface area (Å²) in [6, 6.07) is 12.3. The molecule has 0 atom stereocenters. The van der Waals surface area contributed by atoms with Crippen LogP contribution in [0.3, 0.4) is 0 Å². The summed E-state index contributed by atoms with van der Waals surface area (Å²) in [5.41, 5.74) is 3.42. The molecular weight excluding hydrogens is 368 g/mol. The summed E-state index contributed by atoms with van der Waals surface area (Å²) in [5, 5.41) is 3.01. The van der Waals surface area contributed by atoms with Crippen molar-refractivity contribution in [3.63, 3.8) is 0 Å². The first-order chi connectivity index (χ1) is 13.8. The van der Waals surface area contributed by atoms with Crippen LogP contribution in [0.2, 0.25) is 0 Å². The zero-order valence-corrected chi connectivity index (χ0v) is 17.0. The molecule has 29 heavy (non-hydrogen) atoms. The average Bonchev–Trinajstić information content (AvgIpc) is 2.70. The minimum Gasteiger partial charge on any atom is -0.427 e. The van der Waals surface area contributed by atoms with Gasteiger partial charge in [-0.25, -0.2) is 0 Å². The Balaban J connectivity index is 1.55. The summed E-state index contributed by atoms with van der Waals surface area (Å²) in [7, 11) is 0. The molecule has 2 amide bonds. The van der Waals surface area contributed by atoms with Crippen molar-refractivity contribution in [1.29, 1.82) is 0 Å². The number of likely N-dealkylation sites (tertiary alicyclic amines) is 1. The van der Waals surface area contributed by atoms with Crippen LogP contribution in [0.5, 0.6) is 5.75 Å². The van der Waals surface area contributed by atoms with Crippen molar-refractivity contribution in [3.05, 3.63) is 64.7 Å². The van der Waals surface area contributed by atoms with Crippen molar-refractivity contribution in [1.82, 2.24) is 10.2 Å².